The van der Waals surface area contributed by atoms with Crippen molar-refractivity contribution >= 4 is 6.03 Å². The standard InChI is InChI=1S/C16H26F3N3O/c17-16(18,19)9-11-3-7-22(8-4-11)14(23)21-12-1-5-15(6-2-12)10-13(15)20/h11-13H,1-10,20H2,(H,21,23). The van der Waals surface area contributed by atoms with Crippen LogP contribution in [0.3, 0.4) is 0 Å². The highest BCUT2D eigenvalue weighted by atomic mass is 19.4. The molecule has 1 saturated heterocycles. The van der Waals surface area contributed by atoms with Gasteiger partial charge in [-0.25, -0.2) is 4.79 Å². The molecule has 132 valence electrons. The van der Waals surface area contributed by atoms with E-state index in [1.54, 1.807) is 4.90 Å². The second-order valence-electron chi connectivity index (χ2n) is 7.65. The van der Waals surface area contributed by atoms with E-state index in [0.717, 1.165) is 32.1 Å². The Bertz CT molecular complexity index is 438. The van der Waals surface area contributed by atoms with Gasteiger partial charge in [-0.05, 0) is 56.3 Å². The lowest BCUT2D eigenvalue weighted by molar-refractivity contribution is -0.147. The molecule has 1 unspecified atom stereocenters. The normalized spacial score (nSPS) is 35.4. The van der Waals surface area contributed by atoms with Crippen LogP contribution >= 0.6 is 0 Å². The van der Waals surface area contributed by atoms with E-state index in [-0.39, 0.29) is 18.0 Å². The van der Waals surface area contributed by atoms with Crippen molar-refractivity contribution in [2.75, 3.05) is 13.1 Å². The minimum atomic E-state index is -4.10. The first kappa shape index (κ1) is 16.9. The third-order valence-corrected chi connectivity index (χ3v) is 5.98. The van der Waals surface area contributed by atoms with Crippen molar-refractivity contribution in [3.63, 3.8) is 0 Å². The molecule has 3 aliphatic rings. The number of nitrogens with two attached hydrogens (primary N) is 1. The highest BCUT2D eigenvalue weighted by molar-refractivity contribution is 5.74. The summed E-state index contributed by atoms with van der Waals surface area (Å²) in [4.78, 5) is 13.9. The monoisotopic (exact) mass is 333 g/mol. The van der Waals surface area contributed by atoms with E-state index in [1.165, 1.54) is 0 Å². The second-order valence-corrected chi connectivity index (χ2v) is 7.65. The molecule has 0 aromatic rings. The summed E-state index contributed by atoms with van der Waals surface area (Å²) in [5.74, 6) is -0.343. The van der Waals surface area contributed by atoms with Crippen LogP contribution in [0.15, 0.2) is 0 Å². The fourth-order valence-electron chi connectivity index (χ4n) is 4.22. The molecule has 4 nitrogen and oxygen atoms in total. The van der Waals surface area contributed by atoms with Crippen molar-refractivity contribution in [3.05, 3.63) is 0 Å². The highest BCUT2D eigenvalue weighted by Gasteiger charge is 2.52. The van der Waals surface area contributed by atoms with Crippen molar-refractivity contribution < 1.29 is 18.0 Å². The summed E-state index contributed by atoms with van der Waals surface area (Å²) in [6.07, 6.45) is 1.24. The lowest BCUT2D eigenvalue weighted by Crippen LogP contribution is -2.49. The van der Waals surface area contributed by atoms with Gasteiger partial charge in [-0.15, -0.1) is 0 Å². The molecule has 3 N–H and O–H groups in total. The van der Waals surface area contributed by atoms with Crippen molar-refractivity contribution in [2.24, 2.45) is 17.1 Å². The van der Waals surface area contributed by atoms with E-state index >= 15 is 0 Å². The molecule has 3 rings (SSSR count). The number of alkyl halides is 3. The number of carbonyl (C=O) groups is 1. The van der Waals surface area contributed by atoms with Gasteiger partial charge < -0.3 is 16.0 Å². The number of urea groups is 1. The van der Waals surface area contributed by atoms with Crippen molar-refractivity contribution in [3.8, 4) is 0 Å². The predicted molar refractivity (Wildman–Crippen MR) is 80.8 cm³/mol. The quantitative estimate of drug-likeness (QED) is 0.816. The molecule has 1 aliphatic heterocycles. The minimum absolute atomic E-state index is 0.114. The molecule has 2 aliphatic carbocycles. The molecule has 2 amide bonds. The zero-order chi connectivity index (χ0) is 16.7. The molecule has 0 aromatic carbocycles. The number of likely N-dealkylation sites (tertiary alicyclic amines) is 1. The van der Waals surface area contributed by atoms with Gasteiger partial charge in [0, 0.05) is 31.6 Å². The Hall–Kier alpha value is -0.980. The Morgan fingerprint density at radius 3 is 2.22 bits per heavy atom. The van der Waals surface area contributed by atoms with E-state index in [0.29, 0.717) is 37.4 Å². The van der Waals surface area contributed by atoms with Crippen LogP contribution in [0.2, 0.25) is 0 Å². The summed E-state index contributed by atoms with van der Waals surface area (Å²) in [6.45, 7) is 0.849. The number of nitrogens with one attached hydrogen (secondary N) is 1. The first-order valence-corrected chi connectivity index (χ1v) is 8.65. The molecule has 1 heterocycles. The zero-order valence-corrected chi connectivity index (χ0v) is 13.4. The Balaban J connectivity index is 1.38. The van der Waals surface area contributed by atoms with Crippen molar-refractivity contribution in [1.29, 1.82) is 0 Å². The zero-order valence-electron chi connectivity index (χ0n) is 13.4. The van der Waals surface area contributed by atoms with Crippen LogP contribution in [0, 0.1) is 11.3 Å². The van der Waals surface area contributed by atoms with Crippen LogP contribution < -0.4 is 11.1 Å². The maximum absolute atomic E-state index is 12.4. The van der Waals surface area contributed by atoms with Crippen molar-refractivity contribution in [1.82, 2.24) is 10.2 Å². The molecule has 0 aromatic heterocycles. The second kappa shape index (κ2) is 6.15. The van der Waals surface area contributed by atoms with Crippen LogP contribution in [0.25, 0.3) is 0 Å². The maximum Gasteiger partial charge on any atom is 0.389 e. The minimum Gasteiger partial charge on any atom is -0.335 e. The van der Waals surface area contributed by atoms with E-state index in [4.69, 9.17) is 5.73 Å². The third kappa shape index (κ3) is 4.11. The smallest absolute Gasteiger partial charge is 0.335 e. The lowest BCUT2D eigenvalue weighted by Gasteiger charge is -2.35. The third-order valence-electron chi connectivity index (χ3n) is 5.98. The Morgan fingerprint density at radius 1 is 1.17 bits per heavy atom. The summed E-state index contributed by atoms with van der Waals surface area (Å²) >= 11 is 0. The van der Waals surface area contributed by atoms with Crippen LogP contribution in [0.1, 0.15) is 51.4 Å². The van der Waals surface area contributed by atoms with E-state index in [2.05, 4.69) is 5.32 Å². The Morgan fingerprint density at radius 2 is 1.74 bits per heavy atom. The number of halogens is 3. The number of carbonyl (C=O) groups excluding carboxylic acids is 1. The molecule has 23 heavy (non-hydrogen) atoms. The first-order valence-electron chi connectivity index (χ1n) is 8.65. The summed E-state index contributed by atoms with van der Waals surface area (Å²) in [7, 11) is 0. The number of nitrogens with zero attached hydrogens (tertiary/aromatic N) is 1. The summed E-state index contributed by atoms with van der Waals surface area (Å²) < 4.78 is 37.2. The fourth-order valence-corrected chi connectivity index (χ4v) is 4.22. The van der Waals surface area contributed by atoms with Gasteiger partial charge in [0.1, 0.15) is 0 Å². The molecular weight excluding hydrogens is 307 g/mol. The topological polar surface area (TPSA) is 58.4 Å². The summed E-state index contributed by atoms with van der Waals surface area (Å²) in [5, 5.41) is 3.06. The van der Waals surface area contributed by atoms with Crippen LogP contribution in [-0.4, -0.2) is 42.3 Å². The fraction of sp³-hybridized carbons (Fsp3) is 0.938. The number of rotatable bonds is 2. The average Bonchev–Trinajstić information content (AvgIpc) is 3.10. The Kier molecular flexibility index (Phi) is 4.51. The van der Waals surface area contributed by atoms with E-state index in [1.807, 2.05) is 0 Å². The largest absolute Gasteiger partial charge is 0.389 e. The maximum atomic E-state index is 12.4. The summed E-state index contributed by atoms with van der Waals surface area (Å²) in [6, 6.07) is 0.414. The Labute approximate surface area is 135 Å². The highest BCUT2D eigenvalue weighted by Crippen LogP contribution is 2.55. The number of hydrogen-bond donors (Lipinski definition) is 2. The van der Waals surface area contributed by atoms with Crippen molar-refractivity contribution in [2.45, 2.75) is 69.6 Å². The van der Waals surface area contributed by atoms with Gasteiger partial charge in [-0.1, -0.05) is 0 Å². The molecule has 0 radical (unpaired) electrons. The lowest BCUT2D eigenvalue weighted by atomic mass is 9.83. The SMILES string of the molecule is NC1CC12CCC(NC(=O)N1CCC(CC(F)(F)F)CC1)CC2. The van der Waals surface area contributed by atoms with E-state index in [9.17, 15) is 18.0 Å². The number of piperidine rings is 1. The summed E-state index contributed by atoms with van der Waals surface area (Å²) in [5.41, 5.74) is 6.32. The van der Waals surface area contributed by atoms with Crippen LogP contribution in [0.4, 0.5) is 18.0 Å². The first-order chi connectivity index (χ1) is 10.8. The van der Waals surface area contributed by atoms with Gasteiger partial charge >= 0.3 is 12.2 Å². The van der Waals surface area contributed by atoms with Gasteiger partial charge in [0.25, 0.3) is 0 Å². The van der Waals surface area contributed by atoms with Gasteiger partial charge in [0.05, 0.1) is 0 Å². The molecule has 1 spiro atoms. The van der Waals surface area contributed by atoms with Gasteiger partial charge in [-0.3, -0.25) is 0 Å². The average molecular weight is 333 g/mol. The van der Waals surface area contributed by atoms with Gasteiger partial charge in [-0.2, -0.15) is 13.2 Å². The van der Waals surface area contributed by atoms with Gasteiger partial charge in [0.15, 0.2) is 0 Å². The number of hydrogen-bond acceptors (Lipinski definition) is 2. The molecule has 0 bridgehead atoms. The molecule has 1 atom stereocenters. The molecule has 7 heteroatoms. The molecule has 2 saturated carbocycles. The van der Waals surface area contributed by atoms with Crippen LogP contribution in [-0.2, 0) is 0 Å². The number of amides is 2. The molecular formula is C16H26F3N3O. The molecule has 3 fully saturated rings. The van der Waals surface area contributed by atoms with Crippen LogP contribution in [0.5, 0.6) is 0 Å². The van der Waals surface area contributed by atoms with Gasteiger partial charge in [0.2, 0.25) is 0 Å². The van der Waals surface area contributed by atoms with E-state index < -0.39 is 12.6 Å². The predicted octanol–water partition coefficient (Wildman–Crippen LogP) is 3.02.